The fourth-order valence-corrected chi connectivity index (χ4v) is 2.74. The highest BCUT2D eigenvalue weighted by atomic mass is 127. The summed E-state index contributed by atoms with van der Waals surface area (Å²) in [7, 11) is 0. The van der Waals surface area contributed by atoms with Crippen molar-refractivity contribution < 1.29 is 5.11 Å². The quantitative estimate of drug-likeness (QED) is 0.446. The molecule has 0 aromatic rings. The van der Waals surface area contributed by atoms with Crippen LogP contribution in [0.1, 0.15) is 46.0 Å². The van der Waals surface area contributed by atoms with Gasteiger partial charge in [0.15, 0.2) is 5.96 Å². The third-order valence-electron chi connectivity index (χ3n) is 3.97. The number of aliphatic hydroxyl groups excluding tert-OH is 1. The Hall–Kier alpha value is -0.0400. The Balaban J connectivity index is 0.00000180. The van der Waals surface area contributed by atoms with Crippen molar-refractivity contribution in [2.24, 2.45) is 10.9 Å². The van der Waals surface area contributed by atoms with Gasteiger partial charge in [-0.05, 0) is 38.5 Å². The predicted octanol–water partition coefficient (Wildman–Crippen LogP) is 2.22. The van der Waals surface area contributed by atoms with E-state index in [4.69, 9.17) is 0 Å². The molecule has 1 aliphatic heterocycles. The molecule has 2 aliphatic rings. The zero-order chi connectivity index (χ0) is 13.0. The van der Waals surface area contributed by atoms with Gasteiger partial charge in [0.25, 0.3) is 0 Å². The zero-order valence-electron chi connectivity index (χ0n) is 12.1. The highest BCUT2D eigenvalue weighted by Gasteiger charge is 2.37. The van der Waals surface area contributed by atoms with E-state index in [9.17, 15) is 5.11 Å². The van der Waals surface area contributed by atoms with Crippen LogP contribution in [0.3, 0.4) is 0 Å². The number of aliphatic hydroxyl groups is 1. The molecule has 1 saturated heterocycles. The Morgan fingerprint density at radius 2 is 2.00 bits per heavy atom. The van der Waals surface area contributed by atoms with Gasteiger partial charge in [-0.15, -0.1) is 24.0 Å². The molecule has 0 spiro atoms. The van der Waals surface area contributed by atoms with Gasteiger partial charge < -0.3 is 15.3 Å². The lowest BCUT2D eigenvalue weighted by molar-refractivity contribution is 0.108. The molecule has 112 valence electrons. The van der Waals surface area contributed by atoms with Crippen LogP contribution in [0.15, 0.2) is 4.99 Å². The van der Waals surface area contributed by atoms with Gasteiger partial charge >= 0.3 is 0 Å². The van der Waals surface area contributed by atoms with Gasteiger partial charge in [-0.2, -0.15) is 0 Å². The normalized spacial score (nSPS) is 27.9. The topological polar surface area (TPSA) is 47.9 Å². The minimum atomic E-state index is -0.113. The molecule has 2 unspecified atom stereocenters. The van der Waals surface area contributed by atoms with Crippen molar-refractivity contribution in [1.29, 1.82) is 0 Å². The number of aliphatic imine (C=N–C) groups is 1. The Labute approximate surface area is 134 Å². The second kappa shape index (κ2) is 8.29. The molecular weight excluding hydrogens is 353 g/mol. The Morgan fingerprint density at radius 1 is 1.32 bits per heavy atom. The van der Waals surface area contributed by atoms with E-state index in [-0.39, 0.29) is 30.1 Å². The minimum absolute atomic E-state index is 0. The number of hydrogen-bond acceptors (Lipinski definition) is 2. The van der Waals surface area contributed by atoms with Crippen LogP contribution in [0.2, 0.25) is 0 Å². The van der Waals surface area contributed by atoms with Crippen LogP contribution in [-0.4, -0.2) is 47.7 Å². The van der Waals surface area contributed by atoms with E-state index in [1.54, 1.807) is 0 Å². The first-order chi connectivity index (χ1) is 8.74. The summed E-state index contributed by atoms with van der Waals surface area (Å²) in [4.78, 5) is 6.90. The Bertz CT molecular complexity index is 290. The molecule has 0 amide bonds. The van der Waals surface area contributed by atoms with Crippen LogP contribution in [0.25, 0.3) is 0 Å². The molecule has 2 N–H and O–H groups in total. The van der Waals surface area contributed by atoms with Crippen LogP contribution in [-0.2, 0) is 0 Å². The van der Waals surface area contributed by atoms with Crippen molar-refractivity contribution in [3.63, 3.8) is 0 Å². The molecule has 2 atom stereocenters. The van der Waals surface area contributed by atoms with Crippen LogP contribution >= 0.6 is 24.0 Å². The van der Waals surface area contributed by atoms with Gasteiger partial charge in [0, 0.05) is 25.7 Å². The summed E-state index contributed by atoms with van der Waals surface area (Å²) in [6.45, 7) is 7.02. The fourth-order valence-electron chi connectivity index (χ4n) is 2.74. The lowest BCUT2D eigenvalue weighted by Gasteiger charge is -2.32. The minimum Gasteiger partial charge on any atom is -0.393 e. The molecule has 0 radical (unpaired) electrons. The molecule has 0 bridgehead atoms. The lowest BCUT2D eigenvalue weighted by Crippen LogP contribution is -2.47. The van der Waals surface area contributed by atoms with Crippen LogP contribution in [0.5, 0.6) is 0 Å². The number of rotatable bonds is 4. The SMILES string of the molecule is CCCC1CC1NC(=NCC)N1CCC(O)CC1.I. The van der Waals surface area contributed by atoms with E-state index >= 15 is 0 Å². The highest BCUT2D eigenvalue weighted by molar-refractivity contribution is 14.0. The average molecular weight is 381 g/mol. The first-order valence-electron chi connectivity index (χ1n) is 7.48. The van der Waals surface area contributed by atoms with E-state index in [0.29, 0.717) is 6.04 Å². The maximum absolute atomic E-state index is 9.56. The van der Waals surface area contributed by atoms with E-state index < -0.39 is 0 Å². The number of hydrogen-bond donors (Lipinski definition) is 2. The summed E-state index contributed by atoms with van der Waals surface area (Å²) >= 11 is 0. The van der Waals surface area contributed by atoms with Gasteiger partial charge in [0.05, 0.1) is 6.10 Å². The van der Waals surface area contributed by atoms with Gasteiger partial charge in [-0.1, -0.05) is 13.3 Å². The molecule has 0 aromatic carbocycles. The van der Waals surface area contributed by atoms with Crippen molar-refractivity contribution in [3.05, 3.63) is 0 Å². The average Bonchev–Trinajstić information content (AvgIpc) is 3.08. The molecule has 2 fully saturated rings. The summed E-state index contributed by atoms with van der Waals surface area (Å²) < 4.78 is 0. The second-order valence-corrected chi connectivity index (χ2v) is 5.55. The number of piperidine rings is 1. The number of nitrogens with zero attached hydrogens (tertiary/aromatic N) is 2. The van der Waals surface area contributed by atoms with Crippen LogP contribution < -0.4 is 5.32 Å². The van der Waals surface area contributed by atoms with Gasteiger partial charge in [-0.3, -0.25) is 4.99 Å². The number of likely N-dealkylation sites (tertiary alicyclic amines) is 1. The lowest BCUT2D eigenvalue weighted by atomic mass is 10.1. The second-order valence-electron chi connectivity index (χ2n) is 5.55. The summed E-state index contributed by atoms with van der Waals surface area (Å²) in [6, 6.07) is 0.641. The predicted molar refractivity (Wildman–Crippen MR) is 90.1 cm³/mol. The Kier molecular flexibility index (Phi) is 7.42. The van der Waals surface area contributed by atoms with Crippen molar-refractivity contribution >= 4 is 29.9 Å². The third kappa shape index (κ3) is 5.10. The standard InChI is InChI=1S/C14H27N3O.HI/c1-3-5-11-10-13(11)16-14(15-4-2)17-8-6-12(18)7-9-17;/h11-13,18H,3-10H2,1-2H3,(H,15,16);1H. The van der Waals surface area contributed by atoms with Crippen LogP contribution in [0.4, 0.5) is 0 Å². The molecule has 1 heterocycles. The monoisotopic (exact) mass is 381 g/mol. The molecule has 1 saturated carbocycles. The maximum Gasteiger partial charge on any atom is 0.194 e. The van der Waals surface area contributed by atoms with Gasteiger partial charge in [0.2, 0.25) is 0 Å². The third-order valence-corrected chi connectivity index (χ3v) is 3.97. The van der Waals surface area contributed by atoms with Crippen molar-refractivity contribution in [2.45, 2.75) is 58.1 Å². The van der Waals surface area contributed by atoms with Crippen molar-refractivity contribution in [2.75, 3.05) is 19.6 Å². The first-order valence-corrected chi connectivity index (χ1v) is 7.48. The van der Waals surface area contributed by atoms with E-state index in [1.165, 1.54) is 19.3 Å². The fraction of sp³-hybridized carbons (Fsp3) is 0.929. The first kappa shape index (κ1) is 17.0. The molecular formula is C14H28IN3O. The molecule has 4 nitrogen and oxygen atoms in total. The highest BCUT2D eigenvalue weighted by Crippen LogP contribution is 2.34. The van der Waals surface area contributed by atoms with E-state index in [1.807, 2.05) is 0 Å². The van der Waals surface area contributed by atoms with Gasteiger partial charge in [-0.25, -0.2) is 0 Å². The van der Waals surface area contributed by atoms with Crippen molar-refractivity contribution in [3.8, 4) is 0 Å². The van der Waals surface area contributed by atoms with Crippen LogP contribution in [0, 0.1) is 5.92 Å². The largest absolute Gasteiger partial charge is 0.393 e. The molecule has 19 heavy (non-hydrogen) atoms. The molecule has 2 rings (SSSR count). The molecule has 1 aliphatic carbocycles. The summed E-state index contributed by atoms with van der Waals surface area (Å²) in [6.07, 6.45) is 5.53. The molecule has 0 aromatic heterocycles. The number of nitrogens with one attached hydrogen (secondary N) is 1. The summed E-state index contributed by atoms with van der Waals surface area (Å²) in [5, 5.41) is 13.2. The number of guanidine groups is 1. The number of halogens is 1. The summed E-state index contributed by atoms with van der Waals surface area (Å²) in [5.74, 6) is 1.92. The zero-order valence-corrected chi connectivity index (χ0v) is 14.5. The van der Waals surface area contributed by atoms with E-state index in [0.717, 1.165) is 44.4 Å². The van der Waals surface area contributed by atoms with E-state index in [2.05, 4.69) is 29.1 Å². The van der Waals surface area contributed by atoms with Crippen molar-refractivity contribution in [1.82, 2.24) is 10.2 Å². The molecule has 5 heteroatoms. The Morgan fingerprint density at radius 3 is 2.58 bits per heavy atom. The summed E-state index contributed by atoms with van der Waals surface area (Å²) in [5.41, 5.74) is 0. The smallest absolute Gasteiger partial charge is 0.194 e. The van der Waals surface area contributed by atoms with Gasteiger partial charge in [0.1, 0.15) is 0 Å². The maximum atomic E-state index is 9.56.